The van der Waals surface area contributed by atoms with Crippen LogP contribution in [0.25, 0.3) is 10.2 Å². The maximum Gasteiger partial charge on any atom is 0.293 e. The summed E-state index contributed by atoms with van der Waals surface area (Å²) >= 11 is 2.90. The number of aliphatic imine (C=N–C) groups is 1. The van der Waals surface area contributed by atoms with Gasteiger partial charge in [0.05, 0.1) is 26.6 Å². The summed E-state index contributed by atoms with van der Waals surface area (Å²) in [6, 6.07) is 18.5. The Balaban J connectivity index is 1.41. The van der Waals surface area contributed by atoms with E-state index in [1.54, 1.807) is 37.3 Å². The number of aryl methyl sites for hydroxylation is 1. The molecule has 4 aromatic rings. The van der Waals surface area contributed by atoms with Crippen molar-refractivity contribution in [2.24, 2.45) is 4.99 Å². The molecule has 1 aromatic heterocycles. The van der Waals surface area contributed by atoms with Crippen molar-refractivity contribution in [3.05, 3.63) is 81.9 Å². The van der Waals surface area contributed by atoms with Gasteiger partial charge >= 0.3 is 0 Å². The van der Waals surface area contributed by atoms with Crippen LogP contribution in [0.2, 0.25) is 0 Å². The molecule has 0 aliphatic carbocycles. The maximum absolute atomic E-state index is 12.3. The van der Waals surface area contributed by atoms with Gasteiger partial charge < -0.3 is 10.2 Å². The number of hydrogen-bond donors (Lipinski definition) is 1. The molecule has 0 aliphatic heterocycles. The van der Waals surface area contributed by atoms with E-state index in [1.165, 1.54) is 34.7 Å². The van der Waals surface area contributed by atoms with Crippen molar-refractivity contribution in [2.45, 2.75) is 17.7 Å². The number of aromatic nitrogens is 1. The van der Waals surface area contributed by atoms with Gasteiger partial charge in [-0.3, -0.25) is 19.9 Å². The van der Waals surface area contributed by atoms with E-state index in [-0.39, 0.29) is 17.3 Å². The first-order chi connectivity index (χ1) is 17.3. The standard InChI is InChI=1S/C26H25N5O3S2/c1-4-17-5-8-19(9-6-17)28-25(32)16-35-26-29-21-11-10-20(14-24(21)36-26)27-15-18-7-12-22(30(2)3)23(13-18)31(33)34/h5-15H,4,16H2,1-3H3,(H,28,32). The number of benzene rings is 3. The van der Waals surface area contributed by atoms with Crippen LogP contribution in [0, 0.1) is 10.1 Å². The number of carbonyl (C=O) groups excluding carboxylic acids is 1. The van der Waals surface area contributed by atoms with Crippen LogP contribution < -0.4 is 10.2 Å². The Bertz CT molecular complexity index is 1430. The van der Waals surface area contributed by atoms with Crippen molar-refractivity contribution in [1.29, 1.82) is 0 Å². The van der Waals surface area contributed by atoms with Gasteiger partial charge in [0.15, 0.2) is 4.34 Å². The van der Waals surface area contributed by atoms with Crippen molar-refractivity contribution in [1.82, 2.24) is 4.98 Å². The average molecular weight is 520 g/mol. The van der Waals surface area contributed by atoms with Crippen molar-refractivity contribution in [2.75, 3.05) is 30.1 Å². The third-order valence-electron chi connectivity index (χ3n) is 5.37. The summed E-state index contributed by atoms with van der Waals surface area (Å²) in [6.45, 7) is 2.09. The van der Waals surface area contributed by atoms with Crippen LogP contribution in [-0.2, 0) is 11.2 Å². The summed E-state index contributed by atoms with van der Waals surface area (Å²) in [5, 5.41) is 14.3. The number of anilines is 2. The molecule has 0 bridgehead atoms. The summed E-state index contributed by atoms with van der Waals surface area (Å²) in [4.78, 5) is 34.2. The minimum atomic E-state index is -0.391. The quantitative estimate of drug-likeness (QED) is 0.120. The molecule has 0 spiro atoms. The molecular formula is C26H25N5O3S2. The second-order valence-electron chi connectivity index (χ2n) is 8.18. The molecule has 8 nitrogen and oxygen atoms in total. The Hall–Kier alpha value is -3.76. The molecule has 4 rings (SSSR count). The second kappa shape index (κ2) is 11.3. The molecular weight excluding hydrogens is 494 g/mol. The highest BCUT2D eigenvalue weighted by molar-refractivity contribution is 8.01. The van der Waals surface area contributed by atoms with Crippen LogP contribution in [0.3, 0.4) is 0 Å². The first-order valence-electron chi connectivity index (χ1n) is 11.2. The Morgan fingerprint density at radius 1 is 1.17 bits per heavy atom. The lowest BCUT2D eigenvalue weighted by atomic mass is 10.1. The van der Waals surface area contributed by atoms with Gasteiger partial charge in [-0.1, -0.05) is 36.9 Å². The van der Waals surface area contributed by atoms with Crippen LogP contribution in [0.15, 0.2) is 70.0 Å². The number of amides is 1. The number of thioether (sulfide) groups is 1. The largest absolute Gasteiger partial charge is 0.372 e. The lowest BCUT2D eigenvalue weighted by Crippen LogP contribution is -2.13. The average Bonchev–Trinajstić information content (AvgIpc) is 3.28. The molecule has 0 radical (unpaired) electrons. The molecule has 1 heterocycles. The predicted molar refractivity (Wildman–Crippen MR) is 149 cm³/mol. The number of rotatable bonds is 9. The number of fused-ring (bicyclic) bond motifs is 1. The van der Waals surface area contributed by atoms with E-state index in [9.17, 15) is 14.9 Å². The molecule has 1 N–H and O–H groups in total. The van der Waals surface area contributed by atoms with Crippen LogP contribution in [0.1, 0.15) is 18.1 Å². The fourth-order valence-electron chi connectivity index (χ4n) is 3.48. The summed E-state index contributed by atoms with van der Waals surface area (Å²) in [5.41, 5.74) is 4.78. The highest BCUT2D eigenvalue weighted by Gasteiger charge is 2.15. The van der Waals surface area contributed by atoms with Crippen LogP contribution in [0.4, 0.5) is 22.7 Å². The molecule has 0 unspecified atom stereocenters. The topological polar surface area (TPSA) is 101 Å². The first kappa shape index (κ1) is 25.3. The van der Waals surface area contributed by atoms with E-state index >= 15 is 0 Å². The summed E-state index contributed by atoms with van der Waals surface area (Å²) in [7, 11) is 3.54. The Morgan fingerprint density at radius 2 is 1.94 bits per heavy atom. The molecule has 0 atom stereocenters. The normalized spacial score (nSPS) is 11.2. The van der Waals surface area contributed by atoms with E-state index in [1.807, 2.05) is 42.5 Å². The number of nitro benzene ring substituents is 1. The molecule has 36 heavy (non-hydrogen) atoms. The van der Waals surface area contributed by atoms with E-state index < -0.39 is 4.92 Å². The highest BCUT2D eigenvalue weighted by Crippen LogP contribution is 2.32. The fraction of sp³-hybridized carbons (Fsp3) is 0.192. The van der Waals surface area contributed by atoms with Crippen molar-refractivity contribution >= 4 is 68.2 Å². The highest BCUT2D eigenvalue weighted by atomic mass is 32.2. The molecule has 1 amide bonds. The predicted octanol–water partition coefficient (Wildman–Crippen LogP) is 6.31. The van der Waals surface area contributed by atoms with Crippen molar-refractivity contribution in [3.63, 3.8) is 0 Å². The minimum absolute atomic E-state index is 0.0329. The molecule has 10 heteroatoms. The Kier molecular flexibility index (Phi) is 7.97. The zero-order chi connectivity index (χ0) is 25.7. The third kappa shape index (κ3) is 6.27. The van der Waals surface area contributed by atoms with Crippen LogP contribution in [0.5, 0.6) is 0 Å². The number of carbonyl (C=O) groups is 1. The summed E-state index contributed by atoms with van der Waals surface area (Å²) < 4.78 is 1.76. The Morgan fingerprint density at radius 3 is 2.64 bits per heavy atom. The lowest BCUT2D eigenvalue weighted by Gasteiger charge is -2.12. The van der Waals surface area contributed by atoms with Crippen LogP contribution in [-0.4, -0.2) is 41.9 Å². The minimum Gasteiger partial charge on any atom is -0.372 e. The van der Waals surface area contributed by atoms with Gasteiger partial charge in [-0.05, 0) is 53.9 Å². The first-order valence-corrected chi connectivity index (χ1v) is 13.0. The number of nitrogens with one attached hydrogen (secondary N) is 1. The SMILES string of the molecule is CCc1ccc(NC(=O)CSc2nc3ccc(N=Cc4ccc(N(C)C)c([N+](=O)[O-])c4)cc3s2)cc1. The van der Waals surface area contributed by atoms with Gasteiger partial charge in [0.2, 0.25) is 5.91 Å². The maximum atomic E-state index is 12.3. The van der Waals surface area contributed by atoms with Gasteiger partial charge in [-0.2, -0.15) is 0 Å². The van der Waals surface area contributed by atoms with E-state index in [0.29, 0.717) is 11.3 Å². The van der Waals surface area contributed by atoms with E-state index in [0.717, 1.165) is 32.4 Å². The lowest BCUT2D eigenvalue weighted by molar-refractivity contribution is -0.384. The monoisotopic (exact) mass is 519 g/mol. The fourth-order valence-corrected chi connectivity index (χ4v) is 5.38. The van der Waals surface area contributed by atoms with Gasteiger partial charge in [0, 0.05) is 32.1 Å². The molecule has 184 valence electrons. The molecule has 3 aromatic carbocycles. The molecule has 0 aliphatic rings. The zero-order valence-electron chi connectivity index (χ0n) is 20.1. The zero-order valence-corrected chi connectivity index (χ0v) is 21.7. The smallest absolute Gasteiger partial charge is 0.293 e. The number of hydrogen-bond acceptors (Lipinski definition) is 8. The third-order valence-corrected chi connectivity index (χ3v) is 7.53. The van der Waals surface area contributed by atoms with E-state index in [4.69, 9.17) is 0 Å². The number of nitro groups is 1. The molecule has 0 saturated carbocycles. The number of thiazole rings is 1. The van der Waals surface area contributed by atoms with Gasteiger partial charge in [0.1, 0.15) is 5.69 Å². The van der Waals surface area contributed by atoms with Gasteiger partial charge in [0.25, 0.3) is 5.69 Å². The number of nitrogens with zero attached hydrogens (tertiary/aromatic N) is 4. The summed E-state index contributed by atoms with van der Waals surface area (Å²) in [6.07, 6.45) is 2.57. The van der Waals surface area contributed by atoms with Crippen molar-refractivity contribution < 1.29 is 9.72 Å². The van der Waals surface area contributed by atoms with Gasteiger partial charge in [-0.25, -0.2) is 4.98 Å². The van der Waals surface area contributed by atoms with Crippen LogP contribution >= 0.6 is 23.1 Å². The van der Waals surface area contributed by atoms with Crippen molar-refractivity contribution in [3.8, 4) is 0 Å². The molecule has 0 fully saturated rings. The Labute approximate surface area is 217 Å². The second-order valence-corrected chi connectivity index (χ2v) is 10.4. The molecule has 0 saturated heterocycles. The van der Waals surface area contributed by atoms with E-state index in [2.05, 4.69) is 22.2 Å². The summed E-state index contributed by atoms with van der Waals surface area (Å²) in [5.74, 6) is 0.186. The van der Waals surface area contributed by atoms with Gasteiger partial charge in [-0.15, -0.1) is 11.3 Å².